The summed E-state index contributed by atoms with van der Waals surface area (Å²) in [7, 11) is 0. The fraction of sp³-hybridized carbons (Fsp3) is 0.0526. The van der Waals surface area contributed by atoms with E-state index in [4.69, 9.17) is 5.26 Å². The summed E-state index contributed by atoms with van der Waals surface area (Å²) >= 11 is 0. The van der Waals surface area contributed by atoms with Crippen molar-refractivity contribution >= 4 is 23.2 Å². The van der Waals surface area contributed by atoms with E-state index >= 15 is 0 Å². The van der Waals surface area contributed by atoms with Gasteiger partial charge in [-0.05, 0) is 48.0 Å². The average Bonchev–Trinajstić information content (AvgIpc) is 2.66. The smallest absolute Gasteiger partial charge is 0.230 e. The Morgan fingerprint density at radius 1 is 1.00 bits per heavy atom. The number of anilines is 3. The number of nitrogens with one attached hydrogen (secondary N) is 2. The second-order valence-electron chi connectivity index (χ2n) is 5.43. The Hall–Kier alpha value is -3.79. The van der Waals surface area contributed by atoms with Crippen molar-refractivity contribution in [3.63, 3.8) is 0 Å². The van der Waals surface area contributed by atoms with Gasteiger partial charge in [0.25, 0.3) is 0 Å². The van der Waals surface area contributed by atoms with E-state index < -0.39 is 5.82 Å². The summed E-state index contributed by atoms with van der Waals surface area (Å²) in [4.78, 5) is 12.0. The van der Waals surface area contributed by atoms with Crippen molar-refractivity contribution in [2.24, 2.45) is 0 Å². The fourth-order valence-corrected chi connectivity index (χ4v) is 2.24. The molecule has 3 aromatic rings. The third-order valence-corrected chi connectivity index (χ3v) is 3.53. The number of hydrogen-bond donors (Lipinski definition) is 2. The molecule has 0 bridgehead atoms. The minimum absolute atomic E-state index is 0.0837. The third-order valence-electron chi connectivity index (χ3n) is 3.53. The lowest BCUT2D eigenvalue weighted by Gasteiger charge is -2.07. The Morgan fingerprint density at radius 3 is 2.35 bits per heavy atom. The highest BCUT2D eigenvalue weighted by molar-refractivity contribution is 5.91. The van der Waals surface area contributed by atoms with Gasteiger partial charge in [0, 0.05) is 5.69 Å². The Balaban J connectivity index is 1.59. The first kappa shape index (κ1) is 17.0. The molecular formula is C19H14FN5O. The molecule has 1 heterocycles. The molecule has 0 atom stereocenters. The number of carbonyl (C=O) groups is 1. The quantitative estimate of drug-likeness (QED) is 0.738. The number of amides is 1. The molecule has 7 heteroatoms. The first-order valence-electron chi connectivity index (χ1n) is 7.78. The van der Waals surface area contributed by atoms with Crippen LogP contribution in [0, 0.1) is 17.1 Å². The molecule has 6 nitrogen and oxygen atoms in total. The molecule has 1 amide bonds. The number of nitrogens with zero attached hydrogens (tertiary/aromatic N) is 3. The molecule has 1 aromatic heterocycles. The van der Waals surface area contributed by atoms with Gasteiger partial charge in [-0.25, -0.2) is 4.39 Å². The Labute approximate surface area is 149 Å². The predicted octanol–water partition coefficient (Wildman–Crippen LogP) is 3.41. The van der Waals surface area contributed by atoms with Crippen molar-refractivity contribution in [2.75, 3.05) is 10.6 Å². The van der Waals surface area contributed by atoms with Gasteiger partial charge in [-0.15, -0.1) is 10.2 Å². The maximum Gasteiger partial charge on any atom is 0.230 e. The van der Waals surface area contributed by atoms with Crippen molar-refractivity contribution in [1.29, 1.82) is 5.26 Å². The van der Waals surface area contributed by atoms with E-state index in [2.05, 4.69) is 20.8 Å². The molecule has 0 aliphatic heterocycles. The first-order valence-corrected chi connectivity index (χ1v) is 7.78. The van der Waals surface area contributed by atoms with Crippen LogP contribution in [0.3, 0.4) is 0 Å². The van der Waals surface area contributed by atoms with Crippen LogP contribution in [-0.2, 0) is 11.2 Å². The van der Waals surface area contributed by atoms with E-state index in [-0.39, 0.29) is 18.1 Å². The second kappa shape index (κ2) is 7.85. The summed E-state index contributed by atoms with van der Waals surface area (Å²) in [5, 5.41) is 22.3. The molecule has 26 heavy (non-hydrogen) atoms. The number of aromatic nitrogens is 2. The van der Waals surface area contributed by atoms with Gasteiger partial charge in [0.15, 0.2) is 11.6 Å². The predicted molar refractivity (Wildman–Crippen MR) is 95.2 cm³/mol. The molecule has 0 radical (unpaired) electrons. The molecule has 0 saturated heterocycles. The number of hydrogen-bond acceptors (Lipinski definition) is 5. The summed E-state index contributed by atoms with van der Waals surface area (Å²) in [5.74, 6) is -0.0357. The van der Waals surface area contributed by atoms with Crippen LogP contribution in [-0.4, -0.2) is 16.1 Å². The zero-order valence-electron chi connectivity index (χ0n) is 13.6. The molecule has 128 valence electrons. The van der Waals surface area contributed by atoms with Crippen molar-refractivity contribution in [3.8, 4) is 6.07 Å². The first-order chi connectivity index (χ1) is 12.6. The zero-order valence-corrected chi connectivity index (χ0v) is 13.6. The van der Waals surface area contributed by atoms with E-state index in [1.165, 1.54) is 6.07 Å². The normalized spacial score (nSPS) is 10.0. The van der Waals surface area contributed by atoms with Gasteiger partial charge in [-0.2, -0.15) is 5.26 Å². The molecule has 0 spiro atoms. The van der Waals surface area contributed by atoms with Crippen LogP contribution in [0.15, 0.2) is 60.7 Å². The van der Waals surface area contributed by atoms with Crippen LogP contribution in [0.4, 0.5) is 21.7 Å². The Morgan fingerprint density at radius 2 is 1.69 bits per heavy atom. The maximum absolute atomic E-state index is 13.6. The van der Waals surface area contributed by atoms with E-state index in [0.717, 1.165) is 5.69 Å². The van der Waals surface area contributed by atoms with E-state index in [9.17, 15) is 9.18 Å². The Kier molecular flexibility index (Phi) is 5.15. The van der Waals surface area contributed by atoms with Crippen LogP contribution in [0.5, 0.6) is 0 Å². The lowest BCUT2D eigenvalue weighted by Crippen LogP contribution is -2.16. The van der Waals surface area contributed by atoms with Crippen LogP contribution in [0.1, 0.15) is 11.1 Å². The van der Waals surface area contributed by atoms with Crippen molar-refractivity contribution < 1.29 is 9.18 Å². The summed E-state index contributed by atoms with van der Waals surface area (Å²) in [6, 6.07) is 18.3. The highest BCUT2D eigenvalue weighted by Gasteiger charge is 2.09. The van der Waals surface area contributed by atoms with Gasteiger partial charge in [-0.1, -0.05) is 18.2 Å². The molecule has 2 N–H and O–H groups in total. The summed E-state index contributed by atoms with van der Waals surface area (Å²) < 4.78 is 13.6. The Bertz CT molecular complexity index is 949. The monoisotopic (exact) mass is 347 g/mol. The van der Waals surface area contributed by atoms with Crippen LogP contribution in [0.2, 0.25) is 0 Å². The van der Waals surface area contributed by atoms with Crippen LogP contribution >= 0.6 is 0 Å². The topological polar surface area (TPSA) is 90.7 Å². The summed E-state index contributed by atoms with van der Waals surface area (Å²) in [6.07, 6.45) is -0.0837. The lowest BCUT2D eigenvalue weighted by molar-refractivity contribution is -0.115. The molecular weight excluding hydrogens is 333 g/mol. The molecule has 0 fully saturated rings. The lowest BCUT2D eigenvalue weighted by atomic mass is 10.1. The zero-order chi connectivity index (χ0) is 18.4. The number of rotatable bonds is 5. The highest BCUT2D eigenvalue weighted by atomic mass is 19.1. The van der Waals surface area contributed by atoms with Crippen molar-refractivity contribution in [1.82, 2.24) is 10.2 Å². The molecule has 0 saturated carbocycles. The van der Waals surface area contributed by atoms with Gasteiger partial charge < -0.3 is 10.6 Å². The van der Waals surface area contributed by atoms with Gasteiger partial charge in [0.2, 0.25) is 5.91 Å². The third kappa shape index (κ3) is 4.39. The standard InChI is InChI=1S/C19H14FN5O/c20-16-4-2-1-3-14(16)11-19(26)23-18-10-9-17(24-25-18)22-15-7-5-13(12-21)6-8-15/h1-10H,11H2,(H,22,24)(H,23,25,26). The molecule has 3 rings (SSSR count). The molecule has 2 aromatic carbocycles. The minimum Gasteiger partial charge on any atom is -0.339 e. The minimum atomic E-state index is -0.421. The number of carbonyl (C=O) groups excluding carboxylic acids is 1. The number of nitriles is 1. The van der Waals surface area contributed by atoms with E-state index in [0.29, 0.717) is 16.9 Å². The van der Waals surface area contributed by atoms with Crippen LogP contribution in [0.25, 0.3) is 0 Å². The molecule has 0 aliphatic rings. The van der Waals surface area contributed by atoms with Crippen LogP contribution < -0.4 is 10.6 Å². The number of halogens is 1. The maximum atomic E-state index is 13.6. The molecule has 0 unspecified atom stereocenters. The SMILES string of the molecule is N#Cc1ccc(Nc2ccc(NC(=O)Cc3ccccc3F)nn2)cc1. The van der Waals surface area contributed by atoms with Crippen molar-refractivity contribution in [2.45, 2.75) is 6.42 Å². The summed E-state index contributed by atoms with van der Waals surface area (Å²) in [5.41, 5.74) is 1.64. The summed E-state index contributed by atoms with van der Waals surface area (Å²) in [6.45, 7) is 0. The van der Waals surface area contributed by atoms with Gasteiger partial charge in [0.05, 0.1) is 18.1 Å². The largest absolute Gasteiger partial charge is 0.339 e. The van der Waals surface area contributed by atoms with Gasteiger partial charge in [0.1, 0.15) is 5.82 Å². The van der Waals surface area contributed by atoms with Gasteiger partial charge in [-0.3, -0.25) is 4.79 Å². The van der Waals surface area contributed by atoms with Crippen molar-refractivity contribution in [3.05, 3.63) is 77.6 Å². The number of benzene rings is 2. The molecule has 0 aliphatic carbocycles. The average molecular weight is 347 g/mol. The second-order valence-corrected chi connectivity index (χ2v) is 5.43. The van der Waals surface area contributed by atoms with E-state index in [1.54, 1.807) is 54.6 Å². The van der Waals surface area contributed by atoms with Gasteiger partial charge >= 0.3 is 0 Å². The highest BCUT2D eigenvalue weighted by Crippen LogP contribution is 2.15. The fourth-order valence-electron chi connectivity index (χ4n) is 2.24. The van der Waals surface area contributed by atoms with E-state index in [1.807, 2.05) is 6.07 Å².